The van der Waals surface area contributed by atoms with Crippen LogP contribution in [0, 0.1) is 6.92 Å². The minimum atomic E-state index is -3.63. The molecule has 4 N–H and O–H groups in total. The SMILES string of the molecule is Cc1cc(NS(=O)(=O)c2ccc(NN)cc2)n(C)n1. The Morgan fingerprint density at radius 2 is 1.89 bits per heavy atom. The number of anilines is 2. The molecule has 0 bridgehead atoms. The Balaban J connectivity index is 2.29. The van der Waals surface area contributed by atoms with E-state index in [0.29, 0.717) is 11.5 Å². The van der Waals surface area contributed by atoms with Crippen molar-refractivity contribution in [1.29, 1.82) is 0 Å². The summed E-state index contributed by atoms with van der Waals surface area (Å²) in [5.41, 5.74) is 3.81. The van der Waals surface area contributed by atoms with E-state index in [2.05, 4.69) is 15.2 Å². The molecule has 0 aliphatic heterocycles. The van der Waals surface area contributed by atoms with Gasteiger partial charge in [-0.15, -0.1) is 0 Å². The van der Waals surface area contributed by atoms with Gasteiger partial charge in [0.25, 0.3) is 10.0 Å². The lowest BCUT2D eigenvalue weighted by molar-refractivity contribution is 0.600. The predicted molar refractivity (Wildman–Crippen MR) is 73.0 cm³/mol. The Hall–Kier alpha value is -2.06. The third-order valence-electron chi connectivity index (χ3n) is 2.57. The van der Waals surface area contributed by atoms with E-state index in [-0.39, 0.29) is 4.90 Å². The van der Waals surface area contributed by atoms with Gasteiger partial charge in [0, 0.05) is 18.8 Å². The molecule has 0 saturated heterocycles. The van der Waals surface area contributed by atoms with E-state index in [1.165, 1.54) is 16.8 Å². The highest BCUT2D eigenvalue weighted by Gasteiger charge is 2.16. The summed E-state index contributed by atoms with van der Waals surface area (Å²) in [7, 11) is -1.95. The molecule has 0 saturated carbocycles. The zero-order chi connectivity index (χ0) is 14.0. The summed E-state index contributed by atoms with van der Waals surface area (Å²) in [6.07, 6.45) is 0. The molecule has 102 valence electrons. The number of hydrazine groups is 1. The predicted octanol–water partition coefficient (Wildman–Crippen LogP) is 0.815. The lowest BCUT2D eigenvalue weighted by Gasteiger charge is -2.08. The van der Waals surface area contributed by atoms with Gasteiger partial charge >= 0.3 is 0 Å². The van der Waals surface area contributed by atoms with Crippen molar-refractivity contribution >= 4 is 21.5 Å². The first-order valence-electron chi connectivity index (χ1n) is 5.52. The number of aryl methyl sites for hydroxylation is 2. The topological polar surface area (TPSA) is 102 Å². The van der Waals surface area contributed by atoms with E-state index in [0.717, 1.165) is 5.69 Å². The third-order valence-corrected chi connectivity index (χ3v) is 3.94. The lowest BCUT2D eigenvalue weighted by Crippen LogP contribution is -2.15. The van der Waals surface area contributed by atoms with Gasteiger partial charge in [0.05, 0.1) is 10.6 Å². The van der Waals surface area contributed by atoms with E-state index in [9.17, 15) is 8.42 Å². The zero-order valence-corrected chi connectivity index (χ0v) is 11.4. The van der Waals surface area contributed by atoms with Crippen molar-refractivity contribution in [1.82, 2.24) is 9.78 Å². The molecule has 0 unspecified atom stereocenters. The largest absolute Gasteiger partial charge is 0.324 e. The fourth-order valence-corrected chi connectivity index (χ4v) is 2.71. The molecule has 0 amide bonds. The van der Waals surface area contributed by atoms with Gasteiger partial charge in [-0.3, -0.25) is 15.2 Å². The number of nitrogens with one attached hydrogen (secondary N) is 2. The lowest BCUT2D eigenvalue weighted by atomic mass is 10.3. The maximum absolute atomic E-state index is 12.2. The first-order valence-corrected chi connectivity index (χ1v) is 7.01. The van der Waals surface area contributed by atoms with Gasteiger partial charge in [-0.2, -0.15) is 5.10 Å². The summed E-state index contributed by atoms with van der Waals surface area (Å²) in [6, 6.07) is 7.78. The maximum Gasteiger partial charge on any atom is 0.263 e. The number of hydrogen-bond acceptors (Lipinski definition) is 5. The van der Waals surface area contributed by atoms with E-state index in [1.54, 1.807) is 32.2 Å². The van der Waals surface area contributed by atoms with Crippen molar-refractivity contribution in [2.75, 3.05) is 10.1 Å². The highest BCUT2D eigenvalue weighted by Crippen LogP contribution is 2.18. The highest BCUT2D eigenvalue weighted by molar-refractivity contribution is 7.92. The zero-order valence-electron chi connectivity index (χ0n) is 10.6. The maximum atomic E-state index is 12.2. The summed E-state index contributed by atoms with van der Waals surface area (Å²) >= 11 is 0. The average molecular weight is 281 g/mol. The minimum absolute atomic E-state index is 0.158. The number of benzene rings is 1. The van der Waals surface area contributed by atoms with Gasteiger partial charge < -0.3 is 5.43 Å². The molecule has 0 aliphatic rings. The van der Waals surface area contributed by atoms with Crippen molar-refractivity contribution in [3.63, 3.8) is 0 Å². The van der Waals surface area contributed by atoms with Gasteiger partial charge in [0.15, 0.2) is 0 Å². The van der Waals surface area contributed by atoms with Crippen LogP contribution in [0.3, 0.4) is 0 Å². The highest BCUT2D eigenvalue weighted by atomic mass is 32.2. The fourth-order valence-electron chi connectivity index (χ4n) is 1.63. The van der Waals surface area contributed by atoms with Gasteiger partial charge in [0.1, 0.15) is 5.82 Å². The molecule has 19 heavy (non-hydrogen) atoms. The quantitative estimate of drug-likeness (QED) is 0.568. The van der Waals surface area contributed by atoms with Crippen LogP contribution in [-0.4, -0.2) is 18.2 Å². The molecular weight excluding hydrogens is 266 g/mol. The van der Waals surface area contributed by atoms with Crippen LogP contribution in [0.2, 0.25) is 0 Å². The number of rotatable bonds is 4. The smallest absolute Gasteiger partial charge is 0.263 e. The van der Waals surface area contributed by atoms with Crippen LogP contribution in [0.25, 0.3) is 0 Å². The molecule has 1 heterocycles. The van der Waals surface area contributed by atoms with Crippen LogP contribution in [0.1, 0.15) is 5.69 Å². The van der Waals surface area contributed by atoms with Gasteiger partial charge in [-0.25, -0.2) is 8.42 Å². The number of hydrogen-bond donors (Lipinski definition) is 3. The summed E-state index contributed by atoms with van der Waals surface area (Å²) in [4.78, 5) is 0.158. The van der Waals surface area contributed by atoms with Crippen molar-refractivity contribution in [3.8, 4) is 0 Å². The number of nitrogens with zero attached hydrogens (tertiary/aromatic N) is 2. The number of nitrogens with two attached hydrogens (primary N) is 1. The van der Waals surface area contributed by atoms with Crippen LogP contribution < -0.4 is 16.0 Å². The Kier molecular flexibility index (Phi) is 3.45. The summed E-state index contributed by atoms with van der Waals surface area (Å²) in [5.74, 6) is 5.64. The van der Waals surface area contributed by atoms with Crippen LogP contribution in [0.15, 0.2) is 35.2 Å². The number of nitrogen functional groups attached to an aromatic ring is 1. The minimum Gasteiger partial charge on any atom is -0.324 e. The molecule has 8 heteroatoms. The third kappa shape index (κ3) is 2.85. The van der Waals surface area contributed by atoms with E-state index in [4.69, 9.17) is 5.84 Å². The van der Waals surface area contributed by atoms with Crippen LogP contribution in [-0.2, 0) is 17.1 Å². The van der Waals surface area contributed by atoms with Gasteiger partial charge in [-0.05, 0) is 31.2 Å². The van der Waals surface area contributed by atoms with Crippen LogP contribution in [0.4, 0.5) is 11.5 Å². The molecule has 7 nitrogen and oxygen atoms in total. The summed E-state index contributed by atoms with van der Waals surface area (Å²) in [5, 5.41) is 4.08. The number of sulfonamides is 1. The Bertz CT molecular complexity index is 676. The fraction of sp³-hybridized carbons (Fsp3) is 0.182. The molecule has 0 radical (unpaired) electrons. The average Bonchev–Trinajstić information content (AvgIpc) is 2.67. The Morgan fingerprint density at radius 3 is 2.37 bits per heavy atom. The van der Waals surface area contributed by atoms with Crippen molar-refractivity contribution in [2.45, 2.75) is 11.8 Å². The van der Waals surface area contributed by atoms with Crippen molar-refractivity contribution in [2.24, 2.45) is 12.9 Å². The molecular formula is C11H15N5O2S. The second kappa shape index (κ2) is 4.90. The molecule has 0 fully saturated rings. The normalized spacial score (nSPS) is 11.3. The first kappa shape index (κ1) is 13.4. The van der Waals surface area contributed by atoms with E-state index in [1.807, 2.05) is 0 Å². The molecule has 2 aromatic rings. The molecule has 1 aromatic carbocycles. The number of aromatic nitrogens is 2. The van der Waals surface area contributed by atoms with Gasteiger partial charge in [-0.1, -0.05) is 0 Å². The first-order chi connectivity index (χ1) is 8.92. The standard InChI is InChI=1S/C11H15N5O2S/c1-8-7-11(16(2)14-8)15-19(17,18)10-5-3-9(13-12)4-6-10/h3-7,13,15H,12H2,1-2H3. The monoisotopic (exact) mass is 281 g/mol. The molecule has 2 rings (SSSR count). The second-order valence-electron chi connectivity index (χ2n) is 4.07. The van der Waals surface area contributed by atoms with E-state index < -0.39 is 10.0 Å². The van der Waals surface area contributed by atoms with Gasteiger partial charge in [0.2, 0.25) is 0 Å². The molecule has 0 aliphatic carbocycles. The van der Waals surface area contributed by atoms with Crippen LogP contribution >= 0.6 is 0 Å². The molecule has 0 atom stereocenters. The summed E-state index contributed by atoms with van der Waals surface area (Å²) < 4.78 is 28.3. The van der Waals surface area contributed by atoms with Crippen LogP contribution in [0.5, 0.6) is 0 Å². The second-order valence-corrected chi connectivity index (χ2v) is 5.75. The van der Waals surface area contributed by atoms with Crippen molar-refractivity contribution in [3.05, 3.63) is 36.0 Å². The molecule has 1 aromatic heterocycles. The molecule has 0 spiro atoms. The summed E-state index contributed by atoms with van der Waals surface area (Å²) in [6.45, 7) is 1.79. The van der Waals surface area contributed by atoms with E-state index >= 15 is 0 Å². The Labute approximate surface area is 111 Å². The Morgan fingerprint density at radius 1 is 1.26 bits per heavy atom. The van der Waals surface area contributed by atoms with Crippen molar-refractivity contribution < 1.29 is 8.42 Å².